The minimum atomic E-state index is -0.0162. The van der Waals surface area contributed by atoms with Crippen LogP contribution in [0.5, 0.6) is 0 Å². The molecule has 1 heterocycles. The summed E-state index contributed by atoms with van der Waals surface area (Å²) >= 11 is 1.58. The molecule has 86 valence electrons. The van der Waals surface area contributed by atoms with Crippen molar-refractivity contribution < 1.29 is 4.39 Å². The minimum Gasteiger partial charge on any atom is -0.205 e. The van der Waals surface area contributed by atoms with E-state index in [1.807, 2.05) is 26.0 Å². The third-order valence-corrected chi connectivity index (χ3v) is 4.31. The van der Waals surface area contributed by atoms with Gasteiger partial charge in [-0.1, -0.05) is 33.8 Å². The average Bonchev–Trinajstić information content (AvgIpc) is 2.56. The first-order valence-electron chi connectivity index (χ1n) is 5.72. The molecule has 0 radical (unpaired) electrons. The quantitative estimate of drug-likeness (QED) is 0.665. The van der Waals surface area contributed by atoms with E-state index in [0.29, 0.717) is 5.92 Å². The van der Waals surface area contributed by atoms with Gasteiger partial charge in [0.2, 0.25) is 0 Å². The van der Waals surface area contributed by atoms with Crippen LogP contribution in [0.3, 0.4) is 0 Å². The molecule has 0 saturated carbocycles. The van der Waals surface area contributed by atoms with Crippen LogP contribution < -0.4 is 0 Å². The number of hydrogen-bond donors (Lipinski definition) is 0. The molecule has 0 unspecified atom stereocenters. The average molecular weight is 236 g/mol. The number of halogens is 1. The summed E-state index contributed by atoms with van der Waals surface area (Å²) in [5.74, 6) is 0.698. The molecule has 2 rings (SSSR count). The maximum Gasteiger partial charge on any atom is 0.145 e. The van der Waals surface area contributed by atoms with Crippen molar-refractivity contribution in [2.45, 2.75) is 39.5 Å². The third kappa shape index (κ3) is 1.86. The Labute approximate surface area is 100 Å². The van der Waals surface area contributed by atoms with Crippen molar-refractivity contribution in [3.05, 3.63) is 34.5 Å². The van der Waals surface area contributed by atoms with Gasteiger partial charge in [-0.25, -0.2) is 4.39 Å². The van der Waals surface area contributed by atoms with Crippen molar-refractivity contribution >= 4 is 21.4 Å². The van der Waals surface area contributed by atoms with E-state index in [0.717, 1.165) is 15.0 Å². The van der Waals surface area contributed by atoms with Crippen LogP contribution in [0.2, 0.25) is 0 Å². The Morgan fingerprint density at radius 2 is 1.75 bits per heavy atom. The van der Waals surface area contributed by atoms with E-state index in [2.05, 4.69) is 19.9 Å². The number of hydrogen-bond acceptors (Lipinski definition) is 1. The predicted molar refractivity (Wildman–Crippen MR) is 70.0 cm³/mol. The van der Waals surface area contributed by atoms with E-state index < -0.39 is 0 Å². The number of thiophene rings is 1. The van der Waals surface area contributed by atoms with Crippen molar-refractivity contribution in [1.29, 1.82) is 0 Å². The van der Waals surface area contributed by atoms with E-state index >= 15 is 0 Å². The molecule has 0 aliphatic carbocycles. The largest absolute Gasteiger partial charge is 0.205 e. The van der Waals surface area contributed by atoms with Gasteiger partial charge in [0.15, 0.2) is 0 Å². The normalized spacial score (nSPS) is 11.9. The van der Waals surface area contributed by atoms with Gasteiger partial charge in [-0.2, -0.15) is 0 Å². The lowest BCUT2D eigenvalue weighted by Crippen LogP contribution is -1.87. The summed E-state index contributed by atoms with van der Waals surface area (Å²) in [6.07, 6.45) is 0. The Hall–Kier alpha value is -0.890. The molecule has 0 spiro atoms. The van der Waals surface area contributed by atoms with Gasteiger partial charge in [-0.3, -0.25) is 0 Å². The van der Waals surface area contributed by atoms with Crippen LogP contribution in [0.1, 0.15) is 50.0 Å². The maximum atomic E-state index is 14.1. The lowest BCUT2D eigenvalue weighted by atomic mass is 10.0. The first-order chi connectivity index (χ1) is 7.50. The van der Waals surface area contributed by atoms with Crippen LogP contribution in [0.15, 0.2) is 18.2 Å². The van der Waals surface area contributed by atoms with E-state index in [-0.39, 0.29) is 11.7 Å². The van der Waals surface area contributed by atoms with Crippen molar-refractivity contribution in [2.24, 2.45) is 0 Å². The van der Waals surface area contributed by atoms with Crippen molar-refractivity contribution in [3.63, 3.8) is 0 Å². The van der Waals surface area contributed by atoms with Crippen LogP contribution in [0.25, 0.3) is 10.1 Å². The smallest absolute Gasteiger partial charge is 0.145 e. The number of benzene rings is 1. The summed E-state index contributed by atoms with van der Waals surface area (Å²) in [6.45, 7) is 8.35. The monoisotopic (exact) mass is 236 g/mol. The highest BCUT2D eigenvalue weighted by atomic mass is 32.1. The van der Waals surface area contributed by atoms with Crippen LogP contribution in [-0.2, 0) is 0 Å². The van der Waals surface area contributed by atoms with Gasteiger partial charge in [0, 0.05) is 15.0 Å². The van der Waals surface area contributed by atoms with Crippen molar-refractivity contribution in [1.82, 2.24) is 0 Å². The number of fused-ring (bicyclic) bond motifs is 1. The molecular weight excluding hydrogens is 219 g/mol. The van der Waals surface area contributed by atoms with E-state index in [9.17, 15) is 4.39 Å². The second-order valence-electron chi connectivity index (χ2n) is 4.85. The molecule has 0 fully saturated rings. The van der Waals surface area contributed by atoms with E-state index in [4.69, 9.17) is 0 Å². The van der Waals surface area contributed by atoms with Crippen molar-refractivity contribution in [2.75, 3.05) is 0 Å². The summed E-state index contributed by atoms with van der Waals surface area (Å²) in [5.41, 5.74) is 1.21. The van der Waals surface area contributed by atoms with Crippen LogP contribution in [-0.4, -0.2) is 0 Å². The molecule has 1 aromatic heterocycles. The maximum absolute atomic E-state index is 14.1. The summed E-state index contributed by atoms with van der Waals surface area (Å²) in [6, 6.07) is 6.15. The lowest BCUT2D eigenvalue weighted by Gasteiger charge is -2.04. The zero-order chi connectivity index (χ0) is 11.9. The Morgan fingerprint density at radius 1 is 1.06 bits per heavy atom. The molecule has 2 aromatic rings. The predicted octanol–water partition coefficient (Wildman–Crippen LogP) is 5.29. The summed E-state index contributed by atoms with van der Waals surface area (Å²) in [4.78, 5) is 0.871. The second-order valence-corrected chi connectivity index (χ2v) is 5.93. The molecule has 0 bridgehead atoms. The fourth-order valence-electron chi connectivity index (χ4n) is 1.83. The fraction of sp³-hybridized carbons (Fsp3) is 0.429. The highest BCUT2D eigenvalue weighted by molar-refractivity contribution is 7.19. The van der Waals surface area contributed by atoms with Gasteiger partial charge in [0.25, 0.3) is 0 Å². The van der Waals surface area contributed by atoms with Crippen LogP contribution >= 0.6 is 11.3 Å². The zero-order valence-electron chi connectivity index (χ0n) is 10.2. The van der Waals surface area contributed by atoms with Gasteiger partial charge in [0.05, 0.1) is 0 Å². The lowest BCUT2D eigenvalue weighted by molar-refractivity contribution is 0.618. The van der Waals surface area contributed by atoms with Gasteiger partial charge < -0.3 is 0 Å². The molecule has 0 nitrogen and oxygen atoms in total. The first-order valence-corrected chi connectivity index (χ1v) is 6.54. The second kappa shape index (κ2) is 4.17. The molecule has 0 aliphatic rings. The highest BCUT2D eigenvalue weighted by Gasteiger charge is 2.15. The van der Waals surface area contributed by atoms with Crippen molar-refractivity contribution in [3.8, 4) is 0 Å². The summed E-state index contributed by atoms with van der Waals surface area (Å²) < 4.78 is 15.2. The Morgan fingerprint density at radius 3 is 2.31 bits per heavy atom. The Bertz CT molecular complexity index is 509. The first kappa shape index (κ1) is 11.6. The van der Waals surface area contributed by atoms with Gasteiger partial charge in [0.1, 0.15) is 5.82 Å². The molecule has 0 amide bonds. The summed E-state index contributed by atoms with van der Waals surface area (Å²) in [5, 5.41) is 0.792. The minimum absolute atomic E-state index is 0.0162. The Balaban J connectivity index is 2.64. The molecule has 0 N–H and O–H groups in total. The zero-order valence-corrected chi connectivity index (χ0v) is 11.0. The summed E-state index contributed by atoms with van der Waals surface area (Å²) in [7, 11) is 0. The molecule has 16 heavy (non-hydrogen) atoms. The molecule has 0 aliphatic heterocycles. The third-order valence-electron chi connectivity index (χ3n) is 2.87. The molecule has 2 heteroatoms. The highest BCUT2D eigenvalue weighted by Crippen LogP contribution is 2.35. The van der Waals surface area contributed by atoms with Gasteiger partial charge in [-0.05, 0) is 29.5 Å². The molecule has 1 aromatic carbocycles. The van der Waals surface area contributed by atoms with Crippen LogP contribution in [0, 0.1) is 5.82 Å². The topological polar surface area (TPSA) is 0 Å². The number of rotatable bonds is 2. The SMILES string of the molecule is CC(C)c1ccc2sc(C(C)C)c(F)c2c1. The van der Waals surface area contributed by atoms with E-state index in [1.54, 1.807) is 11.3 Å². The molecular formula is C14H17FS. The molecule has 0 saturated heterocycles. The standard InChI is InChI=1S/C14H17FS/c1-8(2)10-5-6-12-11(7-10)13(15)14(16-12)9(3)4/h5-9H,1-4H3. The fourth-order valence-corrected chi connectivity index (χ4v) is 2.90. The van der Waals surface area contributed by atoms with Crippen LogP contribution in [0.4, 0.5) is 4.39 Å². The molecule has 0 atom stereocenters. The van der Waals surface area contributed by atoms with E-state index in [1.165, 1.54) is 5.56 Å². The van der Waals surface area contributed by atoms with Gasteiger partial charge in [-0.15, -0.1) is 11.3 Å². The Kier molecular flexibility index (Phi) is 3.02. The van der Waals surface area contributed by atoms with Gasteiger partial charge >= 0.3 is 0 Å².